The Morgan fingerprint density at radius 1 is 1.19 bits per heavy atom. The topological polar surface area (TPSA) is 21.3 Å². The van der Waals surface area contributed by atoms with Crippen molar-refractivity contribution in [1.29, 1.82) is 0 Å². The molecule has 0 aliphatic carbocycles. The average Bonchev–Trinajstić information content (AvgIpc) is 3.03. The highest BCUT2D eigenvalue weighted by Crippen LogP contribution is 2.30. The largest absolute Gasteiger partial charge is 0.496 e. The Morgan fingerprint density at radius 2 is 1.95 bits per heavy atom. The number of hydrogen-bond acceptors (Lipinski definition) is 3. The molecule has 1 aromatic heterocycles. The van der Waals surface area contributed by atoms with E-state index >= 15 is 0 Å². The molecule has 1 N–H and O–H groups in total. The molecule has 0 bridgehead atoms. The van der Waals surface area contributed by atoms with Crippen LogP contribution >= 0.6 is 11.3 Å². The molecule has 2 rings (SSSR count). The normalized spacial score (nSPS) is 13.1. The molecule has 1 unspecified atom stereocenters. The molecule has 0 spiro atoms. The minimum absolute atomic E-state index is 0.142. The molecule has 0 aliphatic rings. The van der Waals surface area contributed by atoms with Crippen LogP contribution in [0.3, 0.4) is 0 Å². The van der Waals surface area contributed by atoms with E-state index in [0.29, 0.717) is 6.04 Å². The minimum Gasteiger partial charge on any atom is -0.496 e. The molecular weight excluding hydrogens is 278 g/mol. The molecule has 0 saturated carbocycles. The van der Waals surface area contributed by atoms with Crippen molar-refractivity contribution in [3.05, 3.63) is 52.2 Å². The number of thiophene rings is 1. The second-order valence-electron chi connectivity index (χ2n) is 5.94. The lowest BCUT2D eigenvalue weighted by Crippen LogP contribution is -2.34. The van der Waals surface area contributed by atoms with Gasteiger partial charge in [0.15, 0.2) is 0 Å². The second kappa shape index (κ2) is 7.10. The maximum Gasteiger partial charge on any atom is 0.123 e. The molecule has 21 heavy (non-hydrogen) atoms. The third-order valence-corrected chi connectivity index (χ3v) is 5.14. The zero-order chi connectivity index (χ0) is 15.3. The molecular formula is C18H25NOS. The van der Waals surface area contributed by atoms with Crippen LogP contribution in [0.15, 0.2) is 41.8 Å². The minimum atomic E-state index is 0.142. The van der Waals surface area contributed by atoms with Crippen LogP contribution in [-0.2, 0) is 5.41 Å². The highest BCUT2D eigenvalue weighted by Gasteiger charge is 2.23. The van der Waals surface area contributed by atoms with Crippen LogP contribution in [0.2, 0.25) is 0 Å². The van der Waals surface area contributed by atoms with Crippen molar-refractivity contribution in [3.8, 4) is 5.75 Å². The lowest BCUT2D eigenvalue weighted by Gasteiger charge is -2.28. The Labute approximate surface area is 132 Å². The SMILES string of the molecule is CCC(NCC(C)(C)c1cccs1)c1ccccc1OC. The fourth-order valence-electron chi connectivity index (χ4n) is 2.56. The highest BCUT2D eigenvalue weighted by molar-refractivity contribution is 7.10. The van der Waals surface area contributed by atoms with E-state index in [1.54, 1.807) is 7.11 Å². The summed E-state index contributed by atoms with van der Waals surface area (Å²) in [5, 5.41) is 5.86. The van der Waals surface area contributed by atoms with E-state index in [-0.39, 0.29) is 5.41 Å². The van der Waals surface area contributed by atoms with Crippen molar-refractivity contribution in [1.82, 2.24) is 5.32 Å². The summed E-state index contributed by atoms with van der Waals surface area (Å²) in [4.78, 5) is 1.42. The van der Waals surface area contributed by atoms with Gasteiger partial charge in [0.25, 0.3) is 0 Å². The first-order valence-electron chi connectivity index (χ1n) is 7.48. The Morgan fingerprint density at radius 3 is 2.57 bits per heavy atom. The molecule has 2 aromatic rings. The van der Waals surface area contributed by atoms with Gasteiger partial charge in [-0.15, -0.1) is 11.3 Å². The fraction of sp³-hybridized carbons (Fsp3) is 0.444. The number of para-hydroxylation sites is 1. The molecule has 0 amide bonds. The van der Waals surface area contributed by atoms with Crippen LogP contribution in [-0.4, -0.2) is 13.7 Å². The Balaban J connectivity index is 2.09. The second-order valence-corrected chi connectivity index (χ2v) is 6.89. The Kier molecular flexibility index (Phi) is 5.43. The van der Waals surface area contributed by atoms with Gasteiger partial charge in [-0.05, 0) is 23.9 Å². The number of benzene rings is 1. The molecule has 1 atom stereocenters. The zero-order valence-electron chi connectivity index (χ0n) is 13.3. The van der Waals surface area contributed by atoms with Crippen molar-refractivity contribution in [2.24, 2.45) is 0 Å². The van der Waals surface area contributed by atoms with Gasteiger partial charge in [0.2, 0.25) is 0 Å². The number of hydrogen-bond donors (Lipinski definition) is 1. The summed E-state index contributed by atoms with van der Waals surface area (Å²) < 4.78 is 5.49. The van der Waals surface area contributed by atoms with Crippen molar-refractivity contribution < 1.29 is 4.74 Å². The quantitative estimate of drug-likeness (QED) is 0.795. The first-order valence-corrected chi connectivity index (χ1v) is 8.36. The smallest absolute Gasteiger partial charge is 0.123 e. The lowest BCUT2D eigenvalue weighted by molar-refractivity contribution is 0.383. The van der Waals surface area contributed by atoms with Gasteiger partial charge < -0.3 is 10.1 Å². The summed E-state index contributed by atoms with van der Waals surface area (Å²) in [5.41, 5.74) is 1.38. The third kappa shape index (κ3) is 3.86. The summed E-state index contributed by atoms with van der Waals surface area (Å²) >= 11 is 1.83. The van der Waals surface area contributed by atoms with Crippen LogP contribution < -0.4 is 10.1 Å². The molecule has 0 radical (unpaired) electrons. The predicted octanol–water partition coefficient (Wildman–Crippen LogP) is 4.78. The van der Waals surface area contributed by atoms with Crippen LogP contribution in [0.4, 0.5) is 0 Å². The number of methoxy groups -OCH3 is 1. The van der Waals surface area contributed by atoms with Crippen molar-refractivity contribution >= 4 is 11.3 Å². The van der Waals surface area contributed by atoms with Gasteiger partial charge in [0, 0.05) is 28.4 Å². The average molecular weight is 303 g/mol. The lowest BCUT2D eigenvalue weighted by atomic mass is 9.90. The number of ether oxygens (including phenoxy) is 1. The highest BCUT2D eigenvalue weighted by atomic mass is 32.1. The van der Waals surface area contributed by atoms with Gasteiger partial charge in [-0.2, -0.15) is 0 Å². The van der Waals surface area contributed by atoms with Crippen molar-refractivity contribution in [3.63, 3.8) is 0 Å². The molecule has 2 nitrogen and oxygen atoms in total. The fourth-order valence-corrected chi connectivity index (χ4v) is 3.41. The van der Waals surface area contributed by atoms with Gasteiger partial charge in [-0.25, -0.2) is 0 Å². The van der Waals surface area contributed by atoms with E-state index in [4.69, 9.17) is 4.74 Å². The monoisotopic (exact) mass is 303 g/mol. The van der Waals surface area contributed by atoms with Crippen molar-refractivity contribution in [2.45, 2.75) is 38.6 Å². The summed E-state index contributed by atoms with van der Waals surface area (Å²) in [6.45, 7) is 7.74. The van der Waals surface area contributed by atoms with E-state index in [1.807, 2.05) is 23.5 Å². The molecule has 0 aliphatic heterocycles. The first kappa shape index (κ1) is 16.1. The summed E-state index contributed by atoms with van der Waals surface area (Å²) in [6.07, 6.45) is 1.04. The van der Waals surface area contributed by atoms with Gasteiger partial charge >= 0.3 is 0 Å². The van der Waals surface area contributed by atoms with Crippen LogP contribution in [0.5, 0.6) is 5.75 Å². The number of rotatable bonds is 7. The van der Waals surface area contributed by atoms with Crippen LogP contribution in [0.25, 0.3) is 0 Å². The third-order valence-electron chi connectivity index (χ3n) is 3.90. The van der Waals surface area contributed by atoms with Gasteiger partial charge in [-0.3, -0.25) is 0 Å². The molecule has 114 valence electrons. The Hall–Kier alpha value is -1.32. The Bertz CT molecular complexity index is 548. The van der Waals surface area contributed by atoms with Crippen molar-refractivity contribution in [2.75, 3.05) is 13.7 Å². The maximum absolute atomic E-state index is 5.49. The zero-order valence-corrected chi connectivity index (χ0v) is 14.2. The van der Waals surface area contributed by atoms with E-state index in [9.17, 15) is 0 Å². The standard InChI is InChI=1S/C18H25NOS/c1-5-15(14-9-6-7-10-16(14)20-4)19-13-18(2,3)17-11-8-12-21-17/h6-12,15,19H,5,13H2,1-4H3. The van der Waals surface area contributed by atoms with Crippen LogP contribution in [0.1, 0.15) is 43.7 Å². The molecule has 3 heteroatoms. The number of nitrogens with one attached hydrogen (secondary N) is 1. The molecule has 1 heterocycles. The maximum atomic E-state index is 5.49. The van der Waals surface area contributed by atoms with Gasteiger partial charge in [-0.1, -0.05) is 45.0 Å². The van der Waals surface area contributed by atoms with E-state index in [1.165, 1.54) is 10.4 Å². The molecule has 0 fully saturated rings. The molecule has 0 saturated heterocycles. The van der Waals surface area contributed by atoms with Crippen LogP contribution in [0, 0.1) is 0 Å². The van der Waals surface area contributed by atoms with E-state index < -0.39 is 0 Å². The van der Waals surface area contributed by atoms with E-state index in [0.717, 1.165) is 18.7 Å². The van der Waals surface area contributed by atoms with Gasteiger partial charge in [0.05, 0.1) is 7.11 Å². The van der Waals surface area contributed by atoms with Gasteiger partial charge in [0.1, 0.15) is 5.75 Å². The summed E-state index contributed by atoms with van der Waals surface area (Å²) in [7, 11) is 1.74. The summed E-state index contributed by atoms with van der Waals surface area (Å²) in [6, 6.07) is 12.9. The summed E-state index contributed by atoms with van der Waals surface area (Å²) in [5.74, 6) is 0.964. The predicted molar refractivity (Wildman–Crippen MR) is 91.4 cm³/mol. The van der Waals surface area contributed by atoms with E-state index in [2.05, 4.69) is 55.7 Å². The first-order chi connectivity index (χ1) is 10.1. The molecule has 1 aromatic carbocycles.